The first kappa shape index (κ1) is 19.3. The van der Waals surface area contributed by atoms with Crippen LogP contribution in [0.2, 0.25) is 0 Å². The van der Waals surface area contributed by atoms with Gasteiger partial charge in [-0.1, -0.05) is 32.6 Å². The monoisotopic (exact) mass is 348 g/mol. The maximum atomic E-state index is 4.50. The van der Waals surface area contributed by atoms with E-state index in [4.69, 9.17) is 0 Å². The molecule has 5 heteroatoms. The zero-order chi connectivity index (χ0) is 17.4. The number of aromatic nitrogens is 2. The van der Waals surface area contributed by atoms with Gasteiger partial charge >= 0.3 is 0 Å². The van der Waals surface area contributed by atoms with Crippen molar-refractivity contribution >= 4 is 17.7 Å². The van der Waals surface area contributed by atoms with Gasteiger partial charge in [0.1, 0.15) is 0 Å². The fraction of sp³-hybridized carbons (Fsp3) is 0.632. The lowest BCUT2D eigenvalue weighted by Crippen LogP contribution is -2.32. The molecular weight excluding hydrogens is 316 g/mol. The zero-order valence-corrected chi connectivity index (χ0v) is 16.2. The molecule has 0 atom stereocenters. The Kier molecular flexibility index (Phi) is 8.09. The smallest absolute Gasteiger partial charge is 0.0920 e. The van der Waals surface area contributed by atoms with Crippen LogP contribution in [0.1, 0.15) is 69.7 Å². The van der Waals surface area contributed by atoms with Gasteiger partial charge in [-0.2, -0.15) is 5.10 Å². The molecule has 0 saturated heterocycles. The third-order valence-electron chi connectivity index (χ3n) is 4.75. The summed E-state index contributed by atoms with van der Waals surface area (Å²) in [5.74, 6) is 0.609. The fourth-order valence-corrected chi connectivity index (χ4v) is 4.14. The first-order valence-electron chi connectivity index (χ1n) is 9.20. The van der Waals surface area contributed by atoms with Crippen molar-refractivity contribution in [2.45, 2.75) is 64.3 Å². The van der Waals surface area contributed by atoms with Crippen molar-refractivity contribution in [3.8, 4) is 0 Å². The first-order chi connectivity index (χ1) is 11.7. The van der Waals surface area contributed by atoms with E-state index in [-0.39, 0.29) is 0 Å². The Morgan fingerprint density at radius 3 is 2.79 bits per heavy atom. The maximum Gasteiger partial charge on any atom is 0.0920 e. The van der Waals surface area contributed by atoms with Crippen LogP contribution in [0.5, 0.6) is 0 Å². The number of allylic oxidation sites excluding steroid dienone is 3. The SMILES string of the molecule is C=C/C(=C\CC)c1cc(C2CCC(N(C)SNCCC)CC2)[nH]n1. The average Bonchev–Trinajstić information content (AvgIpc) is 3.09. The molecule has 0 amide bonds. The molecule has 2 rings (SSSR count). The van der Waals surface area contributed by atoms with Gasteiger partial charge in [0.2, 0.25) is 0 Å². The Balaban J connectivity index is 1.87. The average molecular weight is 349 g/mol. The summed E-state index contributed by atoms with van der Waals surface area (Å²) in [6.45, 7) is 9.31. The number of nitrogens with one attached hydrogen (secondary N) is 2. The molecule has 24 heavy (non-hydrogen) atoms. The quantitative estimate of drug-likeness (QED) is 0.378. The molecular formula is C19H32N4S. The summed E-state index contributed by atoms with van der Waals surface area (Å²) in [7, 11) is 2.21. The fourth-order valence-electron chi connectivity index (χ4n) is 3.28. The van der Waals surface area contributed by atoms with Crippen LogP contribution >= 0.6 is 12.1 Å². The van der Waals surface area contributed by atoms with Gasteiger partial charge < -0.3 is 0 Å². The summed E-state index contributed by atoms with van der Waals surface area (Å²) < 4.78 is 5.81. The maximum absolute atomic E-state index is 4.50. The van der Waals surface area contributed by atoms with E-state index in [0.717, 1.165) is 24.2 Å². The van der Waals surface area contributed by atoms with Crippen LogP contribution in [0.25, 0.3) is 5.57 Å². The van der Waals surface area contributed by atoms with E-state index in [9.17, 15) is 0 Å². The normalized spacial score (nSPS) is 22.1. The largest absolute Gasteiger partial charge is 0.282 e. The van der Waals surface area contributed by atoms with Gasteiger partial charge in [-0.3, -0.25) is 9.82 Å². The summed E-state index contributed by atoms with van der Waals surface area (Å²) >= 11 is 1.77. The first-order valence-corrected chi connectivity index (χ1v) is 9.97. The van der Waals surface area contributed by atoms with E-state index < -0.39 is 0 Å². The number of H-pyrrole nitrogens is 1. The van der Waals surface area contributed by atoms with E-state index in [2.05, 4.69) is 58.8 Å². The van der Waals surface area contributed by atoms with Crippen LogP contribution in [-0.4, -0.2) is 34.1 Å². The van der Waals surface area contributed by atoms with Crippen molar-refractivity contribution in [2.75, 3.05) is 13.6 Å². The Morgan fingerprint density at radius 1 is 1.42 bits per heavy atom. The highest BCUT2D eigenvalue weighted by molar-refractivity contribution is 7.95. The molecule has 2 N–H and O–H groups in total. The minimum atomic E-state index is 0.609. The summed E-state index contributed by atoms with van der Waals surface area (Å²) in [5.41, 5.74) is 3.44. The lowest BCUT2D eigenvalue weighted by Gasteiger charge is -2.33. The Hall–Kier alpha value is -1.04. The second-order valence-corrected chi connectivity index (χ2v) is 7.56. The van der Waals surface area contributed by atoms with Gasteiger partial charge in [-0.15, -0.1) is 0 Å². The molecule has 0 spiro atoms. The molecule has 1 heterocycles. The lowest BCUT2D eigenvalue weighted by molar-refractivity contribution is 0.281. The molecule has 1 aromatic heterocycles. The molecule has 0 radical (unpaired) electrons. The second kappa shape index (κ2) is 10.1. The molecule has 1 fully saturated rings. The van der Waals surface area contributed by atoms with Crippen molar-refractivity contribution in [2.24, 2.45) is 0 Å². The molecule has 0 unspecified atom stereocenters. The Bertz CT molecular complexity index is 529. The predicted molar refractivity (Wildman–Crippen MR) is 106 cm³/mol. The van der Waals surface area contributed by atoms with E-state index in [0.29, 0.717) is 12.0 Å². The molecule has 4 nitrogen and oxygen atoms in total. The number of rotatable bonds is 9. The van der Waals surface area contributed by atoms with E-state index >= 15 is 0 Å². The van der Waals surface area contributed by atoms with E-state index in [1.807, 2.05) is 6.08 Å². The van der Waals surface area contributed by atoms with Crippen LogP contribution in [0.3, 0.4) is 0 Å². The Morgan fingerprint density at radius 2 is 2.17 bits per heavy atom. The van der Waals surface area contributed by atoms with Crippen LogP contribution in [0.15, 0.2) is 24.8 Å². The van der Waals surface area contributed by atoms with Gasteiger partial charge in [0.15, 0.2) is 0 Å². The van der Waals surface area contributed by atoms with Crippen molar-refractivity contribution in [1.82, 2.24) is 19.2 Å². The number of aromatic amines is 1. The van der Waals surface area contributed by atoms with Crippen molar-refractivity contribution in [3.63, 3.8) is 0 Å². The number of nitrogens with zero attached hydrogens (tertiary/aromatic N) is 2. The molecule has 0 aromatic carbocycles. The van der Waals surface area contributed by atoms with Crippen LogP contribution in [0.4, 0.5) is 0 Å². The van der Waals surface area contributed by atoms with Crippen LogP contribution < -0.4 is 4.72 Å². The molecule has 134 valence electrons. The van der Waals surface area contributed by atoms with Crippen molar-refractivity contribution in [3.05, 3.63) is 36.2 Å². The summed E-state index contributed by atoms with van der Waals surface area (Å²) in [4.78, 5) is 0. The molecule has 1 aromatic rings. The summed E-state index contributed by atoms with van der Waals surface area (Å²) in [5, 5.41) is 7.76. The predicted octanol–water partition coefficient (Wildman–Crippen LogP) is 4.91. The van der Waals surface area contributed by atoms with Crippen molar-refractivity contribution in [1.29, 1.82) is 0 Å². The van der Waals surface area contributed by atoms with Gasteiger partial charge in [0.05, 0.1) is 5.69 Å². The third-order valence-corrected chi connectivity index (χ3v) is 5.67. The number of hydrogen-bond donors (Lipinski definition) is 2. The van der Waals surface area contributed by atoms with E-state index in [1.54, 1.807) is 12.1 Å². The molecule has 1 aliphatic carbocycles. The minimum absolute atomic E-state index is 0.609. The standard InChI is InChI=1S/C19H32N4S/c1-5-8-15(7-3)18-14-19(22-21-18)16-9-11-17(12-10-16)23(4)24-20-13-6-2/h7-8,14,16-17,20H,3,5-6,9-13H2,1-2,4H3,(H,21,22)/b15-8+. The molecule has 0 aliphatic heterocycles. The van der Waals surface area contributed by atoms with Crippen LogP contribution in [-0.2, 0) is 0 Å². The third kappa shape index (κ3) is 5.23. The molecule has 1 aliphatic rings. The lowest BCUT2D eigenvalue weighted by atomic mass is 9.84. The zero-order valence-electron chi connectivity index (χ0n) is 15.3. The van der Waals surface area contributed by atoms with Gasteiger partial charge in [-0.25, -0.2) is 4.31 Å². The Labute approximate surface area is 151 Å². The van der Waals surface area contributed by atoms with Gasteiger partial charge in [-0.05, 0) is 57.2 Å². The van der Waals surface area contributed by atoms with Crippen LogP contribution in [0, 0.1) is 0 Å². The highest BCUT2D eigenvalue weighted by atomic mass is 32.2. The van der Waals surface area contributed by atoms with E-state index in [1.165, 1.54) is 37.8 Å². The summed E-state index contributed by atoms with van der Waals surface area (Å²) in [6, 6.07) is 2.89. The van der Waals surface area contributed by atoms with Crippen molar-refractivity contribution < 1.29 is 0 Å². The highest BCUT2D eigenvalue weighted by Gasteiger charge is 2.26. The summed E-state index contributed by atoms with van der Waals surface area (Å²) in [6.07, 6.45) is 11.2. The minimum Gasteiger partial charge on any atom is -0.282 e. The molecule has 1 saturated carbocycles. The second-order valence-electron chi connectivity index (χ2n) is 6.52. The molecule has 0 bridgehead atoms. The number of hydrogen-bond acceptors (Lipinski definition) is 4. The highest BCUT2D eigenvalue weighted by Crippen LogP contribution is 2.35. The van der Waals surface area contributed by atoms with Gasteiger partial charge in [0.25, 0.3) is 0 Å². The topological polar surface area (TPSA) is 44.0 Å². The van der Waals surface area contributed by atoms with Gasteiger partial charge in [0, 0.05) is 36.3 Å².